The van der Waals surface area contributed by atoms with Crippen LogP contribution in [0, 0.1) is 0 Å². The maximum absolute atomic E-state index is 13.6. The van der Waals surface area contributed by atoms with Crippen molar-refractivity contribution in [3.8, 4) is 0 Å². The van der Waals surface area contributed by atoms with Crippen LogP contribution in [0.15, 0.2) is 60.7 Å². The molecule has 0 spiro atoms. The van der Waals surface area contributed by atoms with Crippen LogP contribution in [0.25, 0.3) is 0 Å². The first-order valence-electron chi connectivity index (χ1n) is 12.5. The predicted octanol–water partition coefficient (Wildman–Crippen LogP) is 1.11. The van der Waals surface area contributed by atoms with Crippen molar-refractivity contribution < 1.29 is 39.0 Å². The van der Waals surface area contributed by atoms with Crippen molar-refractivity contribution in [3.63, 3.8) is 0 Å². The molecule has 1 fully saturated rings. The Morgan fingerprint density at radius 2 is 1.60 bits per heavy atom. The molecule has 1 saturated heterocycles. The Labute approximate surface area is 230 Å². The van der Waals surface area contributed by atoms with Gasteiger partial charge in [0, 0.05) is 13.5 Å². The zero-order valence-corrected chi connectivity index (χ0v) is 21.8. The lowest BCUT2D eigenvalue weighted by atomic mass is 10.1. The molecule has 0 bridgehead atoms. The summed E-state index contributed by atoms with van der Waals surface area (Å²) in [6.07, 6.45) is -0.462. The van der Waals surface area contributed by atoms with Crippen LogP contribution in [0.1, 0.15) is 43.4 Å². The first kappa shape index (κ1) is 29.8. The molecule has 1 aliphatic heterocycles. The largest absolute Gasteiger partial charge is 0.481 e. The molecule has 212 valence electrons. The molecule has 3 rings (SSSR count). The van der Waals surface area contributed by atoms with Crippen LogP contribution in [-0.4, -0.2) is 79.5 Å². The first-order valence-corrected chi connectivity index (χ1v) is 12.5. The average Bonchev–Trinajstić information content (AvgIpc) is 3.14. The summed E-state index contributed by atoms with van der Waals surface area (Å²) in [5.41, 5.74) is 6.52. The summed E-state index contributed by atoms with van der Waals surface area (Å²) in [6, 6.07) is 11.0. The van der Waals surface area contributed by atoms with Gasteiger partial charge in [-0.15, -0.1) is 0 Å². The summed E-state index contributed by atoms with van der Waals surface area (Å²) in [4.78, 5) is 78.5. The molecular formula is C27H31N5O8. The maximum atomic E-state index is 13.6. The fourth-order valence-electron chi connectivity index (χ4n) is 4.50. The number of urea groups is 1. The molecule has 13 heteroatoms. The normalized spacial score (nSPS) is 16.4. The van der Waals surface area contributed by atoms with Crippen LogP contribution in [0.2, 0.25) is 0 Å². The van der Waals surface area contributed by atoms with Crippen molar-refractivity contribution >= 4 is 35.7 Å². The first-order chi connectivity index (χ1) is 19.1. The van der Waals surface area contributed by atoms with Crippen molar-refractivity contribution in [3.05, 3.63) is 71.8 Å². The number of carbonyl (C=O) groups excluding carboxylic acids is 4. The summed E-state index contributed by atoms with van der Waals surface area (Å²) in [5.74, 6) is -5.92. The third kappa shape index (κ3) is 6.80. The summed E-state index contributed by atoms with van der Waals surface area (Å²) >= 11 is 0. The minimum absolute atomic E-state index is 0.00772. The number of nitrogens with two attached hydrogens (primary N) is 1. The van der Waals surface area contributed by atoms with Gasteiger partial charge in [0.05, 0.1) is 6.42 Å². The number of benzene rings is 2. The molecule has 0 radical (unpaired) electrons. The number of carboxylic acid groups (broad SMARTS) is 2. The molecule has 0 aliphatic carbocycles. The third-order valence-corrected chi connectivity index (χ3v) is 6.34. The van der Waals surface area contributed by atoms with Gasteiger partial charge in [0.25, 0.3) is 5.91 Å². The molecule has 3 atom stereocenters. The smallest absolute Gasteiger partial charge is 0.347 e. The number of rotatable bonds is 13. The van der Waals surface area contributed by atoms with E-state index in [4.69, 9.17) is 5.73 Å². The summed E-state index contributed by atoms with van der Waals surface area (Å²) < 4.78 is 0. The Balaban J connectivity index is 2.00. The zero-order valence-electron chi connectivity index (χ0n) is 21.8. The van der Waals surface area contributed by atoms with Gasteiger partial charge in [-0.05, 0) is 30.5 Å². The van der Waals surface area contributed by atoms with E-state index >= 15 is 0 Å². The van der Waals surface area contributed by atoms with E-state index in [9.17, 15) is 39.0 Å². The molecule has 1 heterocycles. The van der Waals surface area contributed by atoms with Crippen LogP contribution >= 0.6 is 0 Å². The van der Waals surface area contributed by atoms with Crippen LogP contribution in [0.5, 0.6) is 0 Å². The lowest BCUT2D eigenvalue weighted by Gasteiger charge is -2.34. The predicted molar refractivity (Wildman–Crippen MR) is 140 cm³/mol. The number of hydrazine groups is 1. The van der Waals surface area contributed by atoms with Gasteiger partial charge >= 0.3 is 18.0 Å². The van der Waals surface area contributed by atoms with Gasteiger partial charge in [0.1, 0.15) is 12.1 Å². The molecular weight excluding hydrogens is 522 g/mol. The second-order valence-electron chi connectivity index (χ2n) is 9.16. The van der Waals surface area contributed by atoms with Crippen molar-refractivity contribution in [2.24, 2.45) is 5.73 Å². The number of nitrogens with one attached hydrogen (secondary N) is 1. The summed E-state index contributed by atoms with van der Waals surface area (Å²) in [6.45, 7) is 1.21. The van der Waals surface area contributed by atoms with Gasteiger partial charge in [-0.3, -0.25) is 19.2 Å². The van der Waals surface area contributed by atoms with Crippen molar-refractivity contribution in [1.29, 1.82) is 0 Å². The van der Waals surface area contributed by atoms with E-state index in [0.717, 1.165) is 6.92 Å². The van der Waals surface area contributed by atoms with E-state index in [-0.39, 0.29) is 25.1 Å². The van der Waals surface area contributed by atoms with Crippen LogP contribution in [-0.2, 0) is 30.5 Å². The van der Waals surface area contributed by atoms with Crippen molar-refractivity contribution in [2.45, 2.75) is 50.9 Å². The van der Waals surface area contributed by atoms with E-state index in [1.807, 2.05) is 0 Å². The van der Waals surface area contributed by atoms with E-state index in [1.54, 1.807) is 48.5 Å². The molecule has 5 amide bonds. The number of hydrogen-bond donors (Lipinski definition) is 4. The summed E-state index contributed by atoms with van der Waals surface area (Å²) in [7, 11) is 0. The Morgan fingerprint density at radius 3 is 2.12 bits per heavy atom. The number of aliphatic carboxylic acids is 2. The Bertz CT molecular complexity index is 1260. The number of carbonyl (C=O) groups is 6. The van der Waals surface area contributed by atoms with Crippen LogP contribution in [0.3, 0.4) is 0 Å². The fraction of sp³-hybridized carbons (Fsp3) is 0.333. The highest BCUT2D eigenvalue weighted by atomic mass is 16.4. The molecule has 2 aromatic rings. The third-order valence-electron chi connectivity index (χ3n) is 6.34. The highest BCUT2D eigenvalue weighted by Crippen LogP contribution is 2.28. The van der Waals surface area contributed by atoms with Crippen molar-refractivity contribution in [1.82, 2.24) is 20.2 Å². The molecule has 5 N–H and O–H groups in total. The minimum Gasteiger partial charge on any atom is -0.481 e. The van der Waals surface area contributed by atoms with E-state index in [0.29, 0.717) is 22.0 Å². The zero-order chi connectivity index (χ0) is 29.4. The van der Waals surface area contributed by atoms with Gasteiger partial charge in [-0.25, -0.2) is 14.6 Å². The quantitative estimate of drug-likeness (QED) is 0.263. The minimum atomic E-state index is -1.92. The molecule has 13 nitrogen and oxygen atoms in total. The van der Waals surface area contributed by atoms with Gasteiger partial charge < -0.3 is 26.2 Å². The fourth-order valence-corrected chi connectivity index (χ4v) is 4.50. The molecule has 2 aromatic carbocycles. The van der Waals surface area contributed by atoms with E-state index < -0.39 is 60.2 Å². The number of imide groups is 1. The Hall–Kier alpha value is -4.78. The van der Waals surface area contributed by atoms with Gasteiger partial charge in [0.15, 0.2) is 6.04 Å². The number of amides is 5. The lowest BCUT2D eigenvalue weighted by molar-refractivity contribution is -0.165. The van der Waals surface area contributed by atoms with Gasteiger partial charge in [-0.1, -0.05) is 60.7 Å². The number of hydrogen-bond acceptors (Lipinski definition) is 7. The van der Waals surface area contributed by atoms with Gasteiger partial charge in [0.2, 0.25) is 11.8 Å². The van der Waals surface area contributed by atoms with Crippen LogP contribution in [0.4, 0.5) is 4.79 Å². The monoisotopic (exact) mass is 553 g/mol. The summed E-state index contributed by atoms with van der Waals surface area (Å²) in [5, 5.41) is 22.5. The number of nitrogens with zero attached hydrogens (tertiary/aromatic N) is 3. The molecule has 0 aromatic heterocycles. The Morgan fingerprint density at radius 1 is 1.00 bits per heavy atom. The number of carboxylic acids is 2. The van der Waals surface area contributed by atoms with Crippen molar-refractivity contribution in [2.75, 3.05) is 6.54 Å². The molecule has 40 heavy (non-hydrogen) atoms. The molecule has 1 aliphatic rings. The van der Waals surface area contributed by atoms with Gasteiger partial charge in [-0.2, -0.15) is 5.01 Å². The maximum Gasteiger partial charge on any atom is 0.347 e. The standard InChI is InChI=1S/C27H31N5O8/c1-17(33)31(21(15-22(34)35)24(36)29-23(26(38)39)19-11-6-3-7-12-19)32-25(37)20(13-8-14-28)30(27(32)40)16-18-9-4-2-5-10-18/h2-7,9-12,20-21,23H,8,13-16,28H2,1H3,(H,29,36)(H,34,35)(H,38,39)/t20-,21-,23-/m0/s1. The molecule has 0 unspecified atom stereocenters. The lowest BCUT2D eigenvalue weighted by Crippen LogP contribution is -2.60. The average molecular weight is 554 g/mol. The molecule has 0 saturated carbocycles. The highest BCUT2D eigenvalue weighted by molar-refractivity contribution is 6.06. The van der Waals surface area contributed by atoms with Crippen LogP contribution < -0.4 is 11.1 Å². The Kier molecular flexibility index (Phi) is 9.92. The van der Waals surface area contributed by atoms with E-state index in [2.05, 4.69) is 5.32 Å². The SMILES string of the molecule is CC(=O)N([C@@H](CC(=O)O)C(=O)N[C@H](C(=O)O)c1ccccc1)N1C(=O)[C@H](CCCN)N(Cc2ccccc2)C1=O. The topological polar surface area (TPSA) is 191 Å². The van der Waals surface area contributed by atoms with E-state index in [1.165, 1.54) is 17.0 Å². The second kappa shape index (κ2) is 13.3. The highest BCUT2D eigenvalue weighted by Gasteiger charge is 2.51. The second-order valence-corrected chi connectivity index (χ2v) is 9.16.